The van der Waals surface area contributed by atoms with Crippen LogP contribution in [0.1, 0.15) is 42.8 Å². The molecule has 0 unspecified atom stereocenters. The summed E-state index contributed by atoms with van der Waals surface area (Å²) in [5.41, 5.74) is 0. The number of sulfonamides is 1. The third-order valence-corrected chi connectivity index (χ3v) is 8.77. The molecule has 2 N–H and O–H groups in total. The fraction of sp³-hybridized carbons (Fsp3) is 0.455. The van der Waals surface area contributed by atoms with Gasteiger partial charge in [-0.05, 0) is 67.8 Å². The first-order chi connectivity index (χ1) is 15.2. The summed E-state index contributed by atoms with van der Waals surface area (Å²) in [6.45, 7) is 4.44. The molecule has 7 nitrogen and oxygen atoms in total. The Morgan fingerprint density at radius 2 is 1.81 bits per heavy atom. The molecule has 0 saturated carbocycles. The second-order valence-electron chi connectivity index (χ2n) is 7.94. The number of carbonyl (C=O) groups is 2. The van der Waals surface area contributed by atoms with Crippen molar-refractivity contribution in [2.75, 3.05) is 13.1 Å². The van der Waals surface area contributed by atoms with Crippen molar-refractivity contribution < 1.29 is 18.0 Å². The average Bonchev–Trinajstić information content (AvgIpc) is 3.32. The fourth-order valence-corrected chi connectivity index (χ4v) is 5.88. The van der Waals surface area contributed by atoms with E-state index in [0.29, 0.717) is 22.7 Å². The number of amides is 2. The first-order valence-corrected chi connectivity index (χ1v) is 13.3. The monoisotopic (exact) mass is 497 g/mol. The summed E-state index contributed by atoms with van der Waals surface area (Å²) in [5, 5.41) is 8.12. The molecule has 0 spiro atoms. The van der Waals surface area contributed by atoms with Gasteiger partial charge in [-0.25, -0.2) is 8.42 Å². The lowest BCUT2D eigenvalue weighted by Crippen LogP contribution is -2.55. The summed E-state index contributed by atoms with van der Waals surface area (Å²) in [7, 11) is -3.64. The topological polar surface area (TPSA) is 95.6 Å². The average molecular weight is 498 g/mol. The molecule has 0 bridgehead atoms. The molecule has 1 fully saturated rings. The molecule has 3 rings (SSSR count). The number of benzene rings is 1. The summed E-state index contributed by atoms with van der Waals surface area (Å²) in [4.78, 5) is 26.4. The van der Waals surface area contributed by atoms with Gasteiger partial charge < -0.3 is 10.6 Å². The van der Waals surface area contributed by atoms with Gasteiger partial charge in [0.1, 0.15) is 6.04 Å². The zero-order chi connectivity index (χ0) is 23.3. The van der Waals surface area contributed by atoms with Crippen molar-refractivity contribution in [1.82, 2.24) is 14.9 Å². The minimum Gasteiger partial charge on any atom is -0.352 e. The highest BCUT2D eigenvalue weighted by Gasteiger charge is 2.36. The van der Waals surface area contributed by atoms with Gasteiger partial charge in [0.25, 0.3) is 5.91 Å². The minimum absolute atomic E-state index is 0.0194. The Balaban J connectivity index is 1.71. The molecular formula is C22H28ClN3O4S2. The number of piperidine rings is 1. The maximum absolute atomic E-state index is 13.0. The Morgan fingerprint density at radius 3 is 2.38 bits per heavy atom. The molecule has 2 atom stereocenters. The minimum atomic E-state index is -3.64. The summed E-state index contributed by atoms with van der Waals surface area (Å²) in [5.74, 6) is -0.691. The van der Waals surface area contributed by atoms with Crippen LogP contribution < -0.4 is 10.6 Å². The third kappa shape index (κ3) is 5.89. The van der Waals surface area contributed by atoms with Gasteiger partial charge in [0.15, 0.2) is 0 Å². The van der Waals surface area contributed by atoms with Gasteiger partial charge in [-0.3, -0.25) is 9.59 Å². The number of rotatable bonds is 8. The van der Waals surface area contributed by atoms with Crippen molar-refractivity contribution in [1.29, 1.82) is 0 Å². The predicted octanol–water partition coefficient (Wildman–Crippen LogP) is 3.52. The zero-order valence-electron chi connectivity index (χ0n) is 18.1. The summed E-state index contributed by atoms with van der Waals surface area (Å²) in [6.07, 6.45) is 1.71. The van der Waals surface area contributed by atoms with Crippen LogP contribution in [0.2, 0.25) is 5.02 Å². The standard InChI is InChI=1S/C22H28ClN3O4S2/c1-3-15(2)24-22(28)20(25-21(27)19-5-4-14-31-19)16-10-12-26(13-11-16)32(29,30)18-8-6-17(23)7-9-18/h4-9,14-16,20H,3,10-13H2,1-2H3,(H,24,28)(H,25,27)/t15-,20+/m1/s1. The molecule has 0 aliphatic carbocycles. The van der Waals surface area contributed by atoms with Crippen molar-refractivity contribution in [2.24, 2.45) is 5.92 Å². The van der Waals surface area contributed by atoms with E-state index < -0.39 is 16.1 Å². The second-order valence-corrected chi connectivity index (χ2v) is 11.3. The molecule has 2 heterocycles. The van der Waals surface area contributed by atoms with Gasteiger partial charge in [0, 0.05) is 24.2 Å². The quantitative estimate of drug-likeness (QED) is 0.583. The van der Waals surface area contributed by atoms with Crippen LogP contribution in [-0.2, 0) is 14.8 Å². The van der Waals surface area contributed by atoms with Crippen molar-refractivity contribution in [2.45, 2.75) is 50.1 Å². The molecule has 1 aliphatic heterocycles. The van der Waals surface area contributed by atoms with Crippen LogP contribution in [0.3, 0.4) is 0 Å². The Bertz CT molecular complexity index is 1020. The van der Waals surface area contributed by atoms with E-state index >= 15 is 0 Å². The zero-order valence-corrected chi connectivity index (χ0v) is 20.5. The maximum Gasteiger partial charge on any atom is 0.262 e. The van der Waals surface area contributed by atoms with Crippen LogP contribution in [0.25, 0.3) is 0 Å². The van der Waals surface area contributed by atoms with E-state index in [1.54, 1.807) is 24.3 Å². The van der Waals surface area contributed by atoms with E-state index in [-0.39, 0.29) is 41.8 Å². The van der Waals surface area contributed by atoms with Crippen molar-refractivity contribution >= 4 is 44.8 Å². The van der Waals surface area contributed by atoms with Crippen LogP contribution in [-0.4, -0.2) is 49.7 Å². The summed E-state index contributed by atoms with van der Waals surface area (Å²) < 4.78 is 27.4. The number of hydrogen-bond donors (Lipinski definition) is 2. The van der Waals surface area contributed by atoms with E-state index in [9.17, 15) is 18.0 Å². The maximum atomic E-state index is 13.0. The highest BCUT2D eigenvalue weighted by atomic mass is 35.5. The Morgan fingerprint density at radius 1 is 1.16 bits per heavy atom. The van der Waals surface area contributed by atoms with Crippen molar-refractivity contribution in [3.8, 4) is 0 Å². The number of carbonyl (C=O) groups excluding carboxylic acids is 2. The van der Waals surface area contributed by atoms with Gasteiger partial charge in [-0.1, -0.05) is 24.6 Å². The fourth-order valence-electron chi connectivity index (χ4n) is 3.66. The normalized spacial score (nSPS) is 17.5. The number of hydrogen-bond acceptors (Lipinski definition) is 5. The lowest BCUT2D eigenvalue weighted by molar-refractivity contribution is -0.125. The third-order valence-electron chi connectivity index (χ3n) is 5.74. The number of nitrogens with one attached hydrogen (secondary N) is 2. The highest BCUT2D eigenvalue weighted by Crippen LogP contribution is 2.27. The molecule has 1 aliphatic rings. The van der Waals surface area contributed by atoms with E-state index in [1.165, 1.54) is 27.8 Å². The van der Waals surface area contributed by atoms with Crippen LogP contribution in [0, 0.1) is 5.92 Å². The predicted molar refractivity (Wildman–Crippen MR) is 126 cm³/mol. The van der Waals surface area contributed by atoms with E-state index in [1.807, 2.05) is 19.2 Å². The molecule has 2 aromatic rings. The van der Waals surface area contributed by atoms with Crippen molar-refractivity contribution in [3.63, 3.8) is 0 Å². The van der Waals surface area contributed by atoms with Gasteiger partial charge in [0.2, 0.25) is 15.9 Å². The molecule has 1 aromatic heterocycles. The van der Waals surface area contributed by atoms with Gasteiger partial charge in [0.05, 0.1) is 9.77 Å². The number of nitrogens with zero attached hydrogens (tertiary/aromatic N) is 1. The summed E-state index contributed by atoms with van der Waals surface area (Å²) in [6, 6.07) is 8.85. The lowest BCUT2D eigenvalue weighted by Gasteiger charge is -2.35. The highest BCUT2D eigenvalue weighted by molar-refractivity contribution is 7.89. The molecular weight excluding hydrogens is 470 g/mol. The Kier molecular flexibility index (Phi) is 8.32. The van der Waals surface area contributed by atoms with Gasteiger partial charge >= 0.3 is 0 Å². The van der Waals surface area contributed by atoms with Crippen LogP contribution in [0.4, 0.5) is 0 Å². The first-order valence-electron chi connectivity index (χ1n) is 10.6. The number of halogens is 1. The molecule has 2 amide bonds. The SMILES string of the molecule is CC[C@@H](C)NC(=O)[C@@H](NC(=O)c1cccs1)C1CCN(S(=O)(=O)c2ccc(Cl)cc2)CC1. The Labute approximate surface area is 198 Å². The van der Waals surface area contributed by atoms with E-state index in [2.05, 4.69) is 10.6 Å². The second kappa shape index (κ2) is 10.8. The van der Waals surface area contributed by atoms with E-state index in [4.69, 9.17) is 11.6 Å². The van der Waals surface area contributed by atoms with Gasteiger partial charge in [-0.2, -0.15) is 4.31 Å². The molecule has 1 saturated heterocycles. The molecule has 1 aromatic carbocycles. The van der Waals surface area contributed by atoms with Crippen LogP contribution in [0.5, 0.6) is 0 Å². The van der Waals surface area contributed by atoms with Crippen molar-refractivity contribution in [3.05, 3.63) is 51.7 Å². The van der Waals surface area contributed by atoms with Crippen LogP contribution in [0.15, 0.2) is 46.7 Å². The summed E-state index contributed by atoms with van der Waals surface area (Å²) >= 11 is 7.19. The lowest BCUT2D eigenvalue weighted by atomic mass is 9.89. The number of thiophene rings is 1. The smallest absolute Gasteiger partial charge is 0.262 e. The molecule has 32 heavy (non-hydrogen) atoms. The Hall–Kier alpha value is -1.94. The largest absolute Gasteiger partial charge is 0.352 e. The molecule has 0 radical (unpaired) electrons. The van der Waals surface area contributed by atoms with Gasteiger partial charge in [-0.15, -0.1) is 11.3 Å². The van der Waals surface area contributed by atoms with E-state index in [0.717, 1.165) is 6.42 Å². The molecule has 10 heteroatoms. The van der Waals surface area contributed by atoms with Crippen LogP contribution >= 0.6 is 22.9 Å². The molecule has 174 valence electrons. The first kappa shape index (κ1) is 24.7.